The van der Waals surface area contributed by atoms with E-state index in [1.807, 2.05) is 19.1 Å². The molecule has 1 N–H and O–H groups in total. The molecule has 174 valence electrons. The van der Waals surface area contributed by atoms with E-state index >= 15 is 0 Å². The van der Waals surface area contributed by atoms with E-state index in [1.165, 1.54) is 4.90 Å². The molecule has 3 aromatic rings. The lowest BCUT2D eigenvalue weighted by atomic mass is 9.98. The Hall–Kier alpha value is -3.32. The first-order valence-corrected chi connectivity index (χ1v) is 11.3. The smallest absolute Gasteiger partial charge is 0.290 e. The van der Waals surface area contributed by atoms with Crippen molar-refractivity contribution in [3.05, 3.63) is 69.6 Å². The summed E-state index contributed by atoms with van der Waals surface area (Å²) in [4.78, 5) is 28.1. The van der Waals surface area contributed by atoms with Crippen LogP contribution in [0.1, 0.15) is 54.9 Å². The van der Waals surface area contributed by atoms with E-state index in [4.69, 9.17) is 13.9 Å². The van der Waals surface area contributed by atoms with E-state index in [9.17, 15) is 14.7 Å². The third-order valence-electron chi connectivity index (χ3n) is 5.75. The fourth-order valence-corrected chi connectivity index (χ4v) is 4.14. The van der Waals surface area contributed by atoms with Gasteiger partial charge in [0, 0.05) is 6.54 Å². The monoisotopic (exact) mass is 451 g/mol. The zero-order valence-corrected chi connectivity index (χ0v) is 19.2. The second-order valence-corrected chi connectivity index (χ2v) is 8.47. The first-order valence-electron chi connectivity index (χ1n) is 11.3. The van der Waals surface area contributed by atoms with Crippen LogP contribution in [0.3, 0.4) is 0 Å². The Morgan fingerprint density at radius 3 is 2.61 bits per heavy atom. The van der Waals surface area contributed by atoms with Gasteiger partial charge in [0.05, 0.1) is 36.8 Å². The van der Waals surface area contributed by atoms with Crippen LogP contribution in [0.2, 0.25) is 0 Å². The summed E-state index contributed by atoms with van der Waals surface area (Å²) in [6, 6.07) is 11.6. The molecule has 0 radical (unpaired) electrons. The Balaban J connectivity index is 1.82. The number of carbonyl (C=O) groups excluding carboxylic acids is 1. The number of carbonyl (C=O) groups is 1. The number of benzene rings is 2. The van der Waals surface area contributed by atoms with Crippen LogP contribution in [0.25, 0.3) is 11.0 Å². The lowest BCUT2D eigenvalue weighted by molar-refractivity contribution is 0.0691. The maximum atomic E-state index is 13.4. The third-order valence-corrected chi connectivity index (χ3v) is 5.75. The molecule has 1 unspecified atom stereocenters. The Kier molecular flexibility index (Phi) is 6.70. The fourth-order valence-electron chi connectivity index (χ4n) is 4.14. The average Bonchev–Trinajstić information content (AvgIpc) is 3.07. The average molecular weight is 452 g/mol. The predicted molar refractivity (Wildman–Crippen MR) is 125 cm³/mol. The summed E-state index contributed by atoms with van der Waals surface area (Å²) in [5, 5.41) is 10.0. The van der Waals surface area contributed by atoms with Gasteiger partial charge in [-0.25, -0.2) is 0 Å². The predicted octanol–water partition coefficient (Wildman–Crippen LogP) is 4.15. The third kappa shape index (κ3) is 4.33. The van der Waals surface area contributed by atoms with E-state index in [1.54, 1.807) is 30.3 Å². The number of aliphatic hydroxyl groups excluding tert-OH is 1. The number of aliphatic hydroxyl groups is 1. The first-order chi connectivity index (χ1) is 16.0. The van der Waals surface area contributed by atoms with E-state index in [2.05, 4.69) is 13.8 Å². The van der Waals surface area contributed by atoms with Crippen molar-refractivity contribution in [1.29, 1.82) is 0 Å². The van der Waals surface area contributed by atoms with E-state index in [-0.39, 0.29) is 29.9 Å². The van der Waals surface area contributed by atoms with Crippen molar-refractivity contribution in [1.82, 2.24) is 4.90 Å². The normalized spacial score (nSPS) is 15.4. The lowest BCUT2D eigenvalue weighted by Crippen LogP contribution is -2.32. The minimum Gasteiger partial charge on any atom is -0.490 e. The van der Waals surface area contributed by atoms with Crippen LogP contribution >= 0.6 is 0 Å². The Labute approximate surface area is 192 Å². The number of rotatable bonds is 9. The van der Waals surface area contributed by atoms with Crippen LogP contribution < -0.4 is 14.9 Å². The number of hydrogen-bond donors (Lipinski definition) is 1. The highest BCUT2D eigenvalue weighted by molar-refractivity contribution is 5.99. The molecule has 1 atom stereocenters. The van der Waals surface area contributed by atoms with E-state index in [0.29, 0.717) is 47.2 Å². The van der Waals surface area contributed by atoms with Crippen LogP contribution in [-0.2, 0) is 0 Å². The van der Waals surface area contributed by atoms with Crippen molar-refractivity contribution in [3.63, 3.8) is 0 Å². The van der Waals surface area contributed by atoms with Crippen molar-refractivity contribution in [3.8, 4) is 11.5 Å². The van der Waals surface area contributed by atoms with Crippen LogP contribution in [0.5, 0.6) is 11.5 Å². The van der Waals surface area contributed by atoms with E-state index in [0.717, 1.165) is 6.42 Å². The molecule has 33 heavy (non-hydrogen) atoms. The molecule has 2 heterocycles. The molecule has 4 rings (SSSR count). The van der Waals surface area contributed by atoms with Crippen LogP contribution in [0, 0.1) is 5.92 Å². The Bertz CT molecular complexity index is 1220. The molecule has 0 bridgehead atoms. The summed E-state index contributed by atoms with van der Waals surface area (Å²) < 4.78 is 17.6. The van der Waals surface area contributed by atoms with Crippen LogP contribution in [0.4, 0.5) is 0 Å². The minimum atomic E-state index is -0.690. The number of nitrogens with zero attached hydrogens (tertiary/aromatic N) is 1. The van der Waals surface area contributed by atoms with Gasteiger partial charge in [0.15, 0.2) is 16.9 Å². The van der Waals surface area contributed by atoms with Gasteiger partial charge in [-0.15, -0.1) is 0 Å². The topological polar surface area (TPSA) is 89.2 Å². The molecule has 2 aromatic carbocycles. The van der Waals surface area contributed by atoms with Gasteiger partial charge in [-0.05, 0) is 49.1 Å². The van der Waals surface area contributed by atoms with Gasteiger partial charge in [-0.3, -0.25) is 9.59 Å². The SMILES string of the molecule is CCOc1cc(C2c3c(oc4ccccc4c3=O)C(=O)N2CCO)ccc1OCCC(C)C. The highest BCUT2D eigenvalue weighted by Crippen LogP contribution is 2.40. The summed E-state index contributed by atoms with van der Waals surface area (Å²) in [7, 11) is 0. The van der Waals surface area contributed by atoms with Crippen molar-refractivity contribution < 1.29 is 23.8 Å². The molecule has 7 heteroatoms. The number of amides is 1. The van der Waals surface area contributed by atoms with Crippen molar-refractivity contribution in [2.45, 2.75) is 33.2 Å². The fraction of sp³-hybridized carbons (Fsp3) is 0.385. The molecule has 7 nitrogen and oxygen atoms in total. The van der Waals surface area contributed by atoms with Gasteiger partial charge in [0.2, 0.25) is 5.76 Å². The number of para-hydroxylation sites is 1. The summed E-state index contributed by atoms with van der Waals surface area (Å²) in [6.07, 6.45) is 0.913. The second-order valence-electron chi connectivity index (χ2n) is 8.47. The van der Waals surface area contributed by atoms with E-state index < -0.39 is 11.9 Å². The molecule has 0 saturated carbocycles. The van der Waals surface area contributed by atoms with Crippen molar-refractivity contribution in [2.24, 2.45) is 5.92 Å². The maximum absolute atomic E-state index is 13.4. The first kappa shape index (κ1) is 22.9. The highest BCUT2D eigenvalue weighted by Gasteiger charge is 2.42. The largest absolute Gasteiger partial charge is 0.490 e. The van der Waals surface area contributed by atoms with Crippen LogP contribution in [-0.4, -0.2) is 42.3 Å². The molecule has 0 saturated heterocycles. The van der Waals surface area contributed by atoms with Crippen molar-refractivity contribution in [2.75, 3.05) is 26.4 Å². The maximum Gasteiger partial charge on any atom is 0.290 e. The second kappa shape index (κ2) is 9.67. The molecule has 0 fully saturated rings. The summed E-state index contributed by atoms with van der Waals surface area (Å²) >= 11 is 0. The number of ether oxygens (including phenoxy) is 2. The van der Waals surface area contributed by atoms with Gasteiger partial charge < -0.3 is 23.9 Å². The molecular formula is C26H29NO6. The Morgan fingerprint density at radius 2 is 1.88 bits per heavy atom. The molecular weight excluding hydrogens is 422 g/mol. The summed E-state index contributed by atoms with van der Waals surface area (Å²) in [5.74, 6) is 1.29. The molecule has 0 aliphatic carbocycles. The van der Waals surface area contributed by atoms with Crippen molar-refractivity contribution >= 4 is 16.9 Å². The molecule has 0 spiro atoms. The van der Waals surface area contributed by atoms with Crippen LogP contribution in [0.15, 0.2) is 51.7 Å². The van der Waals surface area contributed by atoms with Gasteiger partial charge >= 0.3 is 0 Å². The quantitative estimate of drug-likeness (QED) is 0.526. The number of fused-ring (bicyclic) bond motifs is 2. The molecule has 1 aromatic heterocycles. The molecule has 1 amide bonds. The van der Waals surface area contributed by atoms with Gasteiger partial charge in [0.1, 0.15) is 5.58 Å². The lowest BCUT2D eigenvalue weighted by Gasteiger charge is -2.25. The minimum absolute atomic E-state index is 0.0207. The number of β-amino-alcohol motifs (C(OH)–C–C–N with tert-alkyl or cyclic N) is 1. The zero-order valence-electron chi connectivity index (χ0n) is 19.2. The molecule has 1 aliphatic rings. The summed E-state index contributed by atoms with van der Waals surface area (Å²) in [6.45, 7) is 6.99. The zero-order chi connectivity index (χ0) is 23.5. The Morgan fingerprint density at radius 1 is 1.09 bits per heavy atom. The standard InChI is InChI=1S/C26H29NO6/c1-4-31-21-15-17(9-10-20(21)32-14-11-16(2)3)23-22-24(29)18-7-5-6-8-19(18)33-25(22)26(30)27(23)12-13-28/h5-10,15-16,23,28H,4,11-14H2,1-3H3. The number of hydrogen-bond acceptors (Lipinski definition) is 6. The van der Waals surface area contributed by atoms with Gasteiger partial charge in [-0.2, -0.15) is 0 Å². The molecule has 1 aliphatic heterocycles. The summed E-state index contributed by atoms with van der Waals surface area (Å²) in [5.41, 5.74) is 1.09. The van der Waals surface area contributed by atoms with Gasteiger partial charge in [-0.1, -0.05) is 32.0 Å². The highest BCUT2D eigenvalue weighted by atomic mass is 16.5. The van der Waals surface area contributed by atoms with Gasteiger partial charge in [0.25, 0.3) is 5.91 Å².